The molecule has 0 saturated carbocycles. The Labute approximate surface area is 168 Å². The number of nitrogens with one attached hydrogen (secondary N) is 1. The maximum absolute atomic E-state index is 13.3. The van der Waals surface area contributed by atoms with Gasteiger partial charge in [0.05, 0.1) is 18.1 Å². The van der Waals surface area contributed by atoms with Crippen molar-refractivity contribution in [2.45, 2.75) is 44.6 Å². The summed E-state index contributed by atoms with van der Waals surface area (Å²) in [5.41, 5.74) is 2.50. The minimum absolute atomic E-state index is 0.197. The van der Waals surface area contributed by atoms with Gasteiger partial charge in [0.1, 0.15) is 6.04 Å². The van der Waals surface area contributed by atoms with E-state index in [1.165, 1.54) is 4.31 Å². The zero-order valence-corrected chi connectivity index (χ0v) is 17.8. The summed E-state index contributed by atoms with van der Waals surface area (Å²) in [5.74, 6) is -0.197. The first-order chi connectivity index (χ1) is 13.3. The molecule has 0 spiro atoms. The molecular weight excluding hydrogens is 378 g/mol. The van der Waals surface area contributed by atoms with Crippen LogP contribution in [0, 0.1) is 20.8 Å². The Hall–Kier alpha value is -1.48. The van der Waals surface area contributed by atoms with Gasteiger partial charge in [-0.15, -0.1) is 0 Å². The van der Waals surface area contributed by atoms with Crippen LogP contribution in [0.15, 0.2) is 17.0 Å². The number of hydrogen-bond acceptors (Lipinski definition) is 5. The highest BCUT2D eigenvalue weighted by molar-refractivity contribution is 7.89. The fourth-order valence-electron chi connectivity index (χ4n) is 4.26. The molecule has 1 aromatic carbocycles. The number of hydrogen-bond donors (Lipinski definition) is 1. The van der Waals surface area contributed by atoms with Crippen LogP contribution in [-0.2, 0) is 19.6 Å². The van der Waals surface area contributed by atoms with Gasteiger partial charge in [0.2, 0.25) is 15.9 Å². The van der Waals surface area contributed by atoms with Crippen molar-refractivity contribution in [3.8, 4) is 0 Å². The predicted octanol–water partition coefficient (Wildman–Crippen LogP) is 1.21. The fraction of sp³-hybridized carbons (Fsp3) is 0.650. The summed E-state index contributed by atoms with van der Waals surface area (Å²) < 4.78 is 33.4. The molecule has 1 atom stereocenters. The highest BCUT2D eigenvalue weighted by atomic mass is 32.2. The summed E-state index contributed by atoms with van der Waals surface area (Å²) in [6.45, 7) is 10.4. The fourth-order valence-corrected chi connectivity index (χ4v) is 6.33. The maximum Gasteiger partial charge on any atom is 0.244 e. The van der Waals surface area contributed by atoms with Crippen LogP contribution in [0.1, 0.15) is 29.5 Å². The lowest BCUT2D eigenvalue weighted by atomic mass is 10.1. The molecule has 2 saturated heterocycles. The van der Waals surface area contributed by atoms with E-state index in [0.29, 0.717) is 30.8 Å². The van der Waals surface area contributed by atoms with Crippen LogP contribution in [0.25, 0.3) is 0 Å². The Bertz CT molecular complexity index is 796. The summed E-state index contributed by atoms with van der Waals surface area (Å²) in [4.78, 5) is 15.3. The standard InChI is InChI=1S/C20H31N3O4S/c1-15-13-16(2)19(17(3)14-15)28(25,26)23-7-4-5-18(23)20(24)21-6-8-22-9-11-27-12-10-22/h13-14,18H,4-12H2,1-3H3,(H,21,24). The van der Waals surface area contributed by atoms with E-state index in [9.17, 15) is 13.2 Å². The zero-order valence-electron chi connectivity index (χ0n) is 17.0. The van der Waals surface area contributed by atoms with E-state index in [4.69, 9.17) is 4.74 Å². The Balaban J connectivity index is 1.68. The second-order valence-electron chi connectivity index (χ2n) is 7.75. The number of aryl methyl sites for hydroxylation is 3. The third-order valence-electron chi connectivity index (χ3n) is 5.51. The van der Waals surface area contributed by atoms with E-state index in [1.807, 2.05) is 32.9 Å². The zero-order chi connectivity index (χ0) is 20.3. The minimum atomic E-state index is -3.71. The number of sulfonamides is 1. The molecule has 0 aromatic heterocycles. The molecule has 1 amide bonds. The Morgan fingerprint density at radius 1 is 1.14 bits per heavy atom. The van der Waals surface area contributed by atoms with Gasteiger partial charge in [-0.25, -0.2) is 8.42 Å². The molecule has 2 aliphatic heterocycles. The molecule has 1 unspecified atom stereocenters. The van der Waals surface area contributed by atoms with Crippen molar-refractivity contribution in [1.29, 1.82) is 0 Å². The lowest BCUT2D eigenvalue weighted by Crippen LogP contribution is -2.48. The number of morpholine rings is 1. The number of carbonyl (C=O) groups excluding carboxylic acids is 1. The molecule has 28 heavy (non-hydrogen) atoms. The predicted molar refractivity (Wildman–Crippen MR) is 108 cm³/mol. The lowest BCUT2D eigenvalue weighted by molar-refractivity contribution is -0.124. The lowest BCUT2D eigenvalue weighted by Gasteiger charge is -2.28. The van der Waals surface area contributed by atoms with Crippen LogP contribution in [0.3, 0.4) is 0 Å². The number of amides is 1. The molecule has 1 N–H and O–H groups in total. The van der Waals surface area contributed by atoms with Crippen molar-refractivity contribution >= 4 is 15.9 Å². The van der Waals surface area contributed by atoms with Gasteiger partial charge in [0.25, 0.3) is 0 Å². The third kappa shape index (κ3) is 4.56. The largest absolute Gasteiger partial charge is 0.379 e. The van der Waals surface area contributed by atoms with Gasteiger partial charge in [-0.1, -0.05) is 17.7 Å². The molecule has 0 bridgehead atoms. The number of nitrogens with zero attached hydrogens (tertiary/aromatic N) is 2. The van der Waals surface area contributed by atoms with Gasteiger partial charge in [0, 0.05) is 32.7 Å². The number of carbonyl (C=O) groups is 1. The number of benzene rings is 1. The first-order valence-corrected chi connectivity index (χ1v) is 11.4. The van der Waals surface area contributed by atoms with Crippen molar-refractivity contribution in [2.24, 2.45) is 0 Å². The summed E-state index contributed by atoms with van der Waals surface area (Å²) in [5, 5.41) is 2.94. The van der Waals surface area contributed by atoms with Gasteiger partial charge in [-0.05, 0) is 44.7 Å². The normalized spacial score (nSPS) is 21.8. The number of rotatable bonds is 6. The summed E-state index contributed by atoms with van der Waals surface area (Å²) >= 11 is 0. The molecule has 0 aliphatic carbocycles. The van der Waals surface area contributed by atoms with Crippen LogP contribution < -0.4 is 5.32 Å². The minimum Gasteiger partial charge on any atom is -0.379 e. The molecule has 3 rings (SSSR count). The van der Waals surface area contributed by atoms with E-state index < -0.39 is 16.1 Å². The second-order valence-corrected chi connectivity index (χ2v) is 9.57. The van der Waals surface area contributed by atoms with Gasteiger partial charge < -0.3 is 10.1 Å². The van der Waals surface area contributed by atoms with Crippen molar-refractivity contribution in [2.75, 3.05) is 45.9 Å². The third-order valence-corrected chi connectivity index (χ3v) is 7.72. The second kappa shape index (κ2) is 8.90. The van der Waals surface area contributed by atoms with E-state index in [-0.39, 0.29) is 5.91 Å². The van der Waals surface area contributed by atoms with E-state index in [0.717, 1.165) is 49.5 Å². The first kappa shape index (κ1) is 21.2. The Kier molecular flexibility index (Phi) is 6.75. The molecule has 156 valence electrons. The molecule has 1 aromatic rings. The van der Waals surface area contributed by atoms with Gasteiger partial charge in [-0.2, -0.15) is 4.31 Å². The molecular formula is C20H31N3O4S. The molecule has 0 radical (unpaired) electrons. The molecule has 2 heterocycles. The molecule has 2 aliphatic rings. The van der Waals surface area contributed by atoms with Crippen molar-refractivity contribution in [3.05, 3.63) is 28.8 Å². The van der Waals surface area contributed by atoms with Gasteiger partial charge in [-0.3, -0.25) is 9.69 Å². The average Bonchev–Trinajstić information content (AvgIpc) is 3.12. The quantitative estimate of drug-likeness (QED) is 0.764. The van der Waals surface area contributed by atoms with Gasteiger partial charge in [0.15, 0.2) is 0 Å². The SMILES string of the molecule is Cc1cc(C)c(S(=O)(=O)N2CCCC2C(=O)NCCN2CCOCC2)c(C)c1. The highest BCUT2D eigenvalue weighted by Crippen LogP contribution is 2.30. The van der Waals surface area contributed by atoms with Crippen LogP contribution >= 0.6 is 0 Å². The van der Waals surface area contributed by atoms with Crippen LogP contribution in [-0.4, -0.2) is 75.5 Å². The van der Waals surface area contributed by atoms with E-state index >= 15 is 0 Å². The average molecular weight is 410 g/mol. The van der Waals surface area contributed by atoms with Gasteiger partial charge >= 0.3 is 0 Å². The van der Waals surface area contributed by atoms with Crippen LogP contribution in [0.2, 0.25) is 0 Å². The van der Waals surface area contributed by atoms with Crippen molar-refractivity contribution in [3.63, 3.8) is 0 Å². The number of ether oxygens (including phenoxy) is 1. The smallest absolute Gasteiger partial charge is 0.244 e. The Morgan fingerprint density at radius 3 is 2.43 bits per heavy atom. The molecule has 2 fully saturated rings. The monoisotopic (exact) mass is 409 g/mol. The van der Waals surface area contributed by atoms with Crippen LogP contribution in [0.5, 0.6) is 0 Å². The molecule has 8 heteroatoms. The van der Waals surface area contributed by atoms with E-state index in [1.54, 1.807) is 0 Å². The summed E-state index contributed by atoms with van der Waals surface area (Å²) in [6, 6.07) is 3.13. The van der Waals surface area contributed by atoms with Crippen LogP contribution in [0.4, 0.5) is 0 Å². The summed E-state index contributed by atoms with van der Waals surface area (Å²) in [7, 11) is -3.71. The topological polar surface area (TPSA) is 79.0 Å². The van der Waals surface area contributed by atoms with Crippen molar-refractivity contribution < 1.29 is 17.9 Å². The maximum atomic E-state index is 13.3. The first-order valence-electron chi connectivity index (χ1n) is 9.98. The highest BCUT2D eigenvalue weighted by Gasteiger charge is 2.40. The van der Waals surface area contributed by atoms with E-state index in [2.05, 4.69) is 10.2 Å². The Morgan fingerprint density at radius 2 is 1.79 bits per heavy atom. The summed E-state index contributed by atoms with van der Waals surface area (Å²) in [6.07, 6.45) is 1.26. The van der Waals surface area contributed by atoms with Crippen molar-refractivity contribution in [1.82, 2.24) is 14.5 Å². The molecule has 7 nitrogen and oxygen atoms in total.